The van der Waals surface area contributed by atoms with Crippen LogP contribution in [0.5, 0.6) is 23.0 Å². The largest absolute Gasteiger partial charge is 0.493 e. The van der Waals surface area contributed by atoms with E-state index in [4.69, 9.17) is 18.9 Å². The van der Waals surface area contributed by atoms with Gasteiger partial charge in [-0.2, -0.15) is 0 Å². The molecule has 5 heteroatoms. The summed E-state index contributed by atoms with van der Waals surface area (Å²) in [5.74, 6) is 2.10. The van der Waals surface area contributed by atoms with Gasteiger partial charge in [-0.25, -0.2) is 4.79 Å². The predicted molar refractivity (Wildman–Crippen MR) is 101 cm³/mol. The Hall–Kier alpha value is -2.95. The summed E-state index contributed by atoms with van der Waals surface area (Å²) in [6, 6.07) is 12.5. The second-order valence-electron chi connectivity index (χ2n) is 6.02. The zero-order valence-electron chi connectivity index (χ0n) is 15.5. The smallest absolute Gasteiger partial charge is 0.336 e. The molecule has 2 aromatic carbocycles. The molecular weight excluding hydrogens is 332 g/mol. The minimum Gasteiger partial charge on any atom is -0.493 e. The van der Waals surface area contributed by atoms with Crippen LogP contribution in [0.3, 0.4) is 0 Å². The van der Waals surface area contributed by atoms with Crippen LogP contribution in [0.15, 0.2) is 48.5 Å². The van der Waals surface area contributed by atoms with Gasteiger partial charge in [0.05, 0.1) is 20.8 Å². The first-order valence-corrected chi connectivity index (χ1v) is 8.37. The minimum absolute atomic E-state index is 0.375. The molecule has 0 bridgehead atoms. The molecule has 0 fully saturated rings. The number of ether oxygens (including phenoxy) is 4. The van der Waals surface area contributed by atoms with Crippen molar-refractivity contribution in [3.05, 3.63) is 54.1 Å². The van der Waals surface area contributed by atoms with Crippen LogP contribution in [0, 0.1) is 5.92 Å². The molecule has 0 atom stereocenters. The SMILES string of the molecule is COc1cc(/C=C/C(=O)Oc2ccccc2OC)ccc1OCC(C)C. The van der Waals surface area contributed by atoms with Gasteiger partial charge in [0.25, 0.3) is 0 Å². The molecule has 0 aliphatic heterocycles. The van der Waals surface area contributed by atoms with E-state index in [0.717, 1.165) is 5.56 Å². The summed E-state index contributed by atoms with van der Waals surface area (Å²) in [5.41, 5.74) is 0.802. The molecular formula is C21H24O5. The number of para-hydroxylation sites is 2. The first kappa shape index (κ1) is 19.4. The molecule has 0 saturated heterocycles. The Balaban J connectivity index is 2.06. The lowest BCUT2D eigenvalue weighted by Crippen LogP contribution is -2.05. The van der Waals surface area contributed by atoms with Crippen molar-refractivity contribution in [2.45, 2.75) is 13.8 Å². The summed E-state index contributed by atoms with van der Waals surface area (Å²) in [6.45, 7) is 4.77. The van der Waals surface area contributed by atoms with Gasteiger partial charge in [-0.15, -0.1) is 0 Å². The molecule has 0 aromatic heterocycles. The zero-order chi connectivity index (χ0) is 18.9. The standard InChI is InChI=1S/C21H24O5/c1-15(2)14-25-18-11-9-16(13-20(18)24-4)10-12-21(22)26-19-8-6-5-7-17(19)23-3/h5-13,15H,14H2,1-4H3/b12-10+. The normalized spacial score (nSPS) is 10.8. The molecule has 0 radical (unpaired) electrons. The maximum Gasteiger partial charge on any atom is 0.336 e. The van der Waals surface area contributed by atoms with E-state index in [1.54, 1.807) is 37.5 Å². The lowest BCUT2D eigenvalue weighted by atomic mass is 10.2. The Morgan fingerprint density at radius 3 is 2.31 bits per heavy atom. The van der Waals surface area contributed by atoms with Gasteiger partial charge in [-0.3, -0.25) is 0 Å². The molecule has 0 saturated carbocycles. The van der Waals surface area contributed by atoms with Gasteiger partial charge in [0, 0.05) is 6.08 Å². The maximum atomic E-state index is 12.0. The number of benzene rings is 2. The third-order valence-electron chi connectivity index (χ3n) is 3.45. The summed E-state index contributed by atoms with van der Waals surface area (Å²) in [7, 11) is 3.11. The average molecular weight is 356 g/mol. The van der Waals surface area contributed by atoms with Crippen molar-refractivity contribution in [2.75, 3.05) is 20.8 Å². The Morgan fingerprint density at radius 2 is 1.65 bits per heavy atom. The summed E-state index contributed by atoms with van der Waals surface area (Å²) >= 11 is 0. The highest BCUT2D eigenvalue weighted by atomic mass is 16.6. The fraction of sp³-hybridized carbons (Fsp3) is 0.286. The molecule has 2 aromatic rings. The quantitative estimate of drug-likeness (QED) is 0.400. The molecule has 0 unspecified atom stereocenters. The van der Waals surface area contributed by atoms with E-state index in [1.807, 2.05) is 18.2 Å². The molecule has 138 valence electrons. The molecule has 0 aliphatic rings. The number of esters is 1. The highest BCUT2D eigenvalue weighted by Crippen LogP contribution is 2.29. The van der Waals surface area contributed by atoms with Gasteiger partial charge in [-0.05, 0) is 41.8 Å². The van der Waals surface area contributed by atoms with Gasteiger partial charge in [-0.1, -0.05) is 32.0 Å². The second-order valence-corrected chi connectivity index (χ2v) is 6.02. The number of rotatable bonds is 8. The van der Waals surface area contributed by atoms with Gasteiger partial charge >= 0.3 is 5.97 Å². The third-order valence-corrected chi connectivity index (χ3v) is 3.45. The maximum absolute atomic E-state index is 12.0. The fourth-order valence-corrected chi connectivity index (χ4v) is 2.17. The molecule has 0 spiro atoms. The van der Waals surface area contributed by atoms with Crippen molar-refractivity contribution in [1.82, 2.24) is 0 Å². The van der Waals surface area contributed by atoms with E-state index in [1.165, 1.54) is 13.2 Å². The van der Waals surface area contributed by atoms with Crippen molar-refractivity contribution >= 4 is 12.0 Å². The third kappa shape index (κ3) is 5.55. The van der Waals surface area contributed by atoms with Crippen LogP contribution in [0.1, 0.15) is 19.4 Å². The Bertz CT molecular complexity index is 765. The van der Waals surface area contributed by atoms with Crippen molar-refractivity contribution in [3.63, 3.8) is 0 Å². The number of carbonyl (C=O) groups is 1. The Labute approximate surface area is 154 Å². The Morgan fingerprint density at radius 1 is 0.962 bits per heavy atom. The van der Waals surface area contributed by atoms with Crippen LogP contribution < -0.4 is 18.9 Å². The first-order valence-electron chi connectivity index (χ1n) is 8.37. The van der Waals surface area contributed by atoms with Crippen LogP contribution in [0.25, 0.3) is 6.08 Å². The van der Waals surface area contributed by atoms with Crippen molar-refractivity contribution in [2.24, 2.45) is 5.92 Å². The lowest BCUT2D eigenvalue weighted by molar-refractivity contribution is -0.129. The van der Waals surface area contributed by atoms with Gasteiger partial charge < -0.3 is 18.9 Å². The monoisotopic (exact) mass is 356 g/mol. The van der Waals surface area contributed by atoms with Crippen LogP contribution in [-0.2, 0) is 4.79 Å². The topological polar surface area (TPSA) is 54.0 Å². The van der Waals surface area contributed by atoms with Crippen molar-refractivity contribution in [3.8, 4) is 23.0 Å². The molecule has 26 heavy (non-hydrogen) atoms. The van der Waals surface area contributed by atoms with E-state index < -0.39 is 5.97 Å². The fourth-order valence-electron chi connectivity index (χ4n) is 2.17. The highest BCUT2D eigenvalue weighted by Gasteiger charge is 2.08. The van der Waals surface area contributed by atoms with Crippen LogP contribution in [0.4, 0.5) is 0 Å². The molecule has 2 rings (SSSR count). The number of carbonyl (C=O) groups excluding carboxylic acids is 1. The van der Waals surface area contributed by atoms with Gasteiger partial charge in [0.15, 0.2) is 23.0 Å². The molecule has 0 heterocycles. The summed E-state index contributed by atoms with van der Waals surface area (Å²) < 4.78 is 21.5. The van der Waals surface area contributed by atoms with Gasteiger partial charge in [0.2, 0.25) is 0 Å². The zero-order valence-corrected chi connectivity index (χ0v) is 15.5. The lowest BCUT2D eigenvalue weighted by Gasteiger charge is -2.12. The number of hydrogen-bond donors (Lipinski definition) is 0. The van der Waals surface area contributed by atoms with Crippen molar-refractivity contribution in [1.29, 1.82) is 0 Å². The molecule has 0 N–H and O–H groups in total. The first-order chi connectivity index (χ1) is 12.5. The summed E-state index contributed by atoms with van der Waals surface area (Å²) in [6.07, 6.45) is 3.02. The number of methoxy groups -OCH3 is 2. The van der Waals surface area contributed by atoms with E-state index in [2.05, 4.69) is 13.8 Å². The highest BCUT2D eigenvalue weighted by molar-refractivity contribution is 5.89. The predicted octanol–water partition coefficient (Wildman–Crippen LogP) is 4.36. The van der Waals surface area contributed by atoms with E-state index in [-0.39, 0.29) is 0 Å². The summed E-state index contributed by atoms with van der Waals surface area (Å²) in [5, 5.41) is 0. The number of hydrogen-bond acceptors (Lipinski definition) is 5. The van der Waals surface area contributed by atoms with Crippen LogP contribution >= 0.6 is 0 Å². The minimum atomic E-state index is -0.492. The van der Waals surface area contributed by atoms with Crippen LogP contribution in [0.2, 0.25) is 0 Å². The molecule has 0 aliphatic carbocycles. The Kier molecular flexibility index (Phi) is 7.09. The summed E-state index contributed by atoms with van der Waals surface area (Å²) in [4.78, 5) is 12.0. The van der Waals surface area contributed by atoms with Crippen LogP contribution in [-0.4, -0.2) is 26.8 Å². The van der Waals surface area contributed by atoms with E-state index in [0.29, 0.717) is 35.5 Å². The average Bonchev–Trinajstić information content (AvgIpc) is 2.65. The molecule has 5 nitrogen and oxygen atoms in total. The van der Waals surface area contributed by atoms with Crippen molar-refractivity contribution < 1.29 is 23.7 Å². The van der Waals surface area contributed by atoms with E-state index >= 15 is 0 Å². The second kappa shape index (κ2) is 9.51. The van der Waals surface area contributed by atoms with Gasteiger partial charge in [0.1, 0.15) is 0 Å². The molecule has 0 amide bonds. The van der Waals surface area contributed by atoms with E-state index in [9.17, 15) is 4.79 Å².